The summed E-state index contributed by atoms with van der Waals surface area (Å²) in [4.78, 5) is 6.43. The van der Waals surface area contributed by atoms with Gasteiger partial charge in [-0.2, -0.15) is 0 Å². The number of pyridine rings is 1. The Hall–Kier alpha value is -1.17. The molecular formula is C14H20N2O3. The van der Waals surface area contributed by atoms with Crippen LogP contribution in [-0.2, 0) is 10.3 Å². The zero-order valence-corrected chi connectivity index (χ0v) is 11.4. The van der Waals surface area contributed by atoms with Crippen LogP contribution in [0.4, 0.5) is 0 Å². The number of likely N-dealkylation sites (N-methyl/N-ethyl adjacent to an activating group) is 1. The Bertz CT molecular complexity index is 452. The first-order chi connectivity index (χ1) is 9.12. The number of rotatable bonds is 2. The van der Waals surface area contributed by atoms with E-state index >= 15 is 0 Å². The second-order valence-electron chi connectivity index (χ2n) is 5.54. The van der Waals surface area contributed by atoms with Crippen LogP contribution in [0.5, 0.6) is 5.88 Å². The molecule has 0 radical (unpaired) electrons. The Labute approximate surface area is 113 Å². The summed E-state index contributed by atoms with van der Waals surface area (Å²) in [7, 11) is 3.71. The van der Waals surface area contributed by atoms with Gasteiger partial charge in [0, 0.05) is 24.3 Å². The van der Waals surface area contributed by atoms with Gasteiger partial charge in [-0.3, -0.25) is 4.90 Å². The fourth-order valence-electron chi connectivity index (χ4n) is 3.19. The van der Waals surface area contributed by atoms with Crippen LogP contribution in [0.25, 0.3) is 0 Å². The van der Waals surface area contributed by atoms with Crippen molar-refractivity contribution in [1.82, 2.24) is 9.88 Å². The maximum absolute atomic E-state index is 11.0. The van der Waals surface area contributed by atoms with E-state index in [4.69, 9.17) is 9.47 Å². The minimum atomic E-state index is -0.804. The summed E-state index contributed by atoms with van der Waals surface area (Å²) < 4.78 is 10.7. The van der Waals surface area contributed by atoms with Crippen molar-refractivity contribution >= 4 is 0 Å². The summed E-state index contributed by atoms with van der Waals surface area (Å²) in [6.45, 7) is 1.38. The lowest BCUT2D eigenvalue weighted by atomic mass is 9.77. The van der Waals surface area contributed by atoms with Gasteiger partial charge in [0.15, 0.2) is 0 Å². The number of piperidine rings is 1. The maximum atomic E-state index is 11.0. The first kappa shape index (κ1) is 12.8. The van der Waals surface area contributed by atoms with Crippen LogP contribution in [0.15, 0.2) is 18.3 Å². The standard InChI is InChI=1S/C14H20N2O3/c1-16-11-6-14(17,7-12(16)9-19-8-11)10-3-4-15-13(5-10)18-2/h3-5,11-12,17H,6-9H2,1-2H3. The zero-order chi connectivity index (χ0) is 13.5. The molecule has 2 atom stereocenters. The molecule has 1 aromatic heterocycles. The predicted molar refractivity (Wildman–Crippen MR) is 70.1 cm³/mol. The van der Waals surface area contributed by atoms with Gasteiger partial charge in [0.25, 0.3) is 0 Å². The van der Waals surface area contributed by atoms with Crippen molar-refractivity contribution in [1.29, 1.82) is 0 Å². The summed E-state index contributed by atoms with van der Waals surface area (Å²) >= 11 is 0. The van der Waals surface area contributed by atoms with Crippen LogP contribution < -0.4 is 4.74 Å². The number of ether oxygens (including phenoxy) is 2. The summed E-state index contributed by atoms with van der Waals surface area (Å²) in [5.74, 6) is 0.547. The van der Waals surface area contributed by atoms with Gasteiger partial charge in [-0.25, -0.2) is 4.98 Å². The van der Waals surface area contributed by atoms with Crippen molar-refractivity contribution in [2.45, 2.75) is 30.5 Å². The second-order valence-corrected chi connectivity index (χ2v) is 5.54. The largest absolute Gasteiger partial charge is 0.481 e. The molecule has 2 aliphatic rings. The highest BCUT2D eigenvalue weighted by atomic mass is 16.5. The van der Waals surface area contributed by atoms with E-state index < -0.39 is 5.60 Å². The first-order valence-electron chi connectivity index (χ1n) is 6.65. The Morgan fingerprint density at radius 2 is 2.11 bits per heavy atom. The van der Waals surface area contributed by atoms with E-state index in [0.29, 0.717) is 31.9 Å². The fourth-order valence-corrected chi connectivity index (χ4v) is 3.19. The highest BCUT2D eigenvalue weighted by molar-refractivity contribution is 5.28. The molecule has 5 heteroatoms. The summed E-state index contributed by atoms with van der Waals surface area (Å²) in [6.07, 6.45) is 3.07. The van der Waals surface area contributed by atoms with E-state index in [0.717, 1.165) is 5.56 Å². The molecule has 0 spiro atoms. The van der Waals surface area contributed by atoms with Crippen molar-refractivity contribution in [3.05, 3.63) is 23.9 Å². The molecule has 3 rings (SSSR count). The molecule has 2 saturated heterocycles. The van der Waals surface area contributed by atoms with E-state index in [-0.39, 0.29) is 12.1 Å². The molecule has 2 bridgehead atoms. The smallest absolute Gasteiger partial charge is 0.213 e. The number of methoxy groups -OCH3 is 1. The molecule has 0 aromatic carbocycles. The van der Waals surface area contributed by atoms with E-state index in [1.165, 1.54) is 0 Å². The Kier molecular flexibility index (Phi) is 3.20. The molecule has 3 heterocycles. The predicted octanol–water partition coefficient (Wildman–Crippen LogP) is 0.771. The highest BCUT2D eigenvalue weighted by Gasteiger charge is 2.45. The molecule has 0 aliphatic carbocycles. The van der Waals surface area contributed by atoms with Gasteiger partial charge in [0.2, 0.25) is 5.88 Å². The van der Waals surface area contributed by atoms with E-state index in [2.05, 4.69) is 16.9 Å². The molecule has 2 unspecified atom stereocenters. The van der Waals surface area contributed by atoms with E-state index in [1.807, 2.05) is 12.1 Å². The molecule has 0 amide bonds. The third-order valence-corrected chi connectivity index (χ3v) is 4.40. The molecule has 1 N–H and O–H groups in total. The average molecular weight is 264 g/mol. The van der Waals surface area contributed by atoms with Crippen molar-refractivity contribution in [2.75, 3.05) is 27.4 Å². The van der Waals surface area contributed by atoms with Crippen LogP contribution in [0, 0.1) is 0 Å². The summed E-state index contributed by atoms with van der Waals surface area (Å²) in [6, 6.07) is 4.26. The van der Waals surface area contributed by atoms with Gasteiger partial charge in [-0.1, -0.05) is 0 Å². The maximum Gasteiger partial charge on any atom is 0.213 e. The van der Waals surface area contributed by atoms with Crippen LogP contribution in [0.2, 0.25) is 0 Å². The number of hydrogen-bond donors (Lipinski definition) is 1. The fraction of sp³-hybridized carbons (Fsp3) is 0.643. The molecular weight excluding hydrogens is 244 g/mol. The lowest BCUT2D eigenvalue weighted by molar-refractivity contribution is -0.137. The number of fused-ring (bicyclic) bond motifs is 2. The van der Waals surface area contributed by atoms with Crippen molar-refractivity contribution in [3.8, 4) is 5.88 Å². The van der Waals surface area contributed by atoms with E-state index in [9.17, 15) is 5.11 Å². The Morgan fingerprint density at radius 3 is 2.74 bits per heavy atom. The van der Waals surface area contributed by atoms with Crippen molar-refractivity contribution in [3.63, 3.8) is 0 Å². The molecule has 5 nitrogen and oxygen atoms in total. The molecule has 1 aromatic rings. The Balaban J connectivity index is 1.90. The lowest BCUT2D eigenvalue weighted by Crippen LogP contribution is -2.59. The molecule has 2 fully saturated rings. The minimum absolute atomic E-state index is 0.275. The first-order valence-corrected chi connectivity index (χ1v) is 6.65. The number of nitrogens with zero attached hydrogens (tertiary/aromatic N) is 2. The minimum Gasteiger partial charge on any atom is -0.481 e. The van der Waals surface area contributed by atoms with Gasteiger partial charge in [0.1, 0.15) is 0 Å². The SMILES string of the molecule is COc1cc(C2(O)CC3COCC(C2)N3C)ccn1. The van der Waals surface area contributed by atoms with Crippen LogP contribution in [-0.4, -0.2) is 54.4 Å². The average Bonchev–Trinajstić information content (AvgIpc) is 2.41. The number of aliphatic hydroxyl groups is 1. The quantitative estimate of drug-likeness (QED) is 0.855. The van der Waals surface area contributed by atoms with Crippen LogP contribution in [0.3, 0.4) is 0 Å². The Morgan fingerprint density at radius 1 is 1.42 bits per heavy atom. The third kappa shape index (κ3) is 2.22. The number of morpholine rings is 1. The molecule has 0 saturated carbocycles. The molecule has 19 heavy (non-hydrogen) atoms. The van der Waals surface area contributed by atoms with Gasteiger partial charge >= 0.3 is 0 Å². The molecule has 2 aliphatic heterocycles. The van der Waals surface area contributed by atoms with Gasteiger partial charge < -0.3 is 14.6 Å². The highest BCUT2D eigenvalue weighted by Crippen LogP contribution is 2.40. The number of aromatic nitrogens is 1. The zero-order valence-electron chi connectivity index (χ0n) is 11.4. The van der Waals surface area contributed by atoms with Crippen molar-refractivity contribution in [2.24, 2.45) is 0 Å². The lowest BCUT2D eigenvalue weighted by Gasteiger charge is -2.50. The summed E-state index contributed by atoms with van der Waals surface area (Å²) in [5, 5.41) is 11.0. The monoisotopic (exact) mass is 264 g/mol. The van der Waals surface area contributed by atoms with E-state index in [1.54, 1.807) is 13.3 Å². The van der Waals surface area contributed by atoms with Gasteiger partial charge in [-0.15, -0.1) is 0 Å². The van der Waals surface area contributed by atoms with Gasteiger partial charge in [-0.05, 0) is 31.5 Å². The second kappa shape index (κ2) is 4.74. The molecule has 104 valence electrons. The van der Waals surface area contributed by atoms with Crippen LogP contribution >= 0.6 is 0 Å². The van der Waals surface area contributed by atoms with Crippen LogP contribution in [0.1, 0.15) is 18.4 Å². The number of hydrogen-bond acceptors (Lipinski definition) is 5. The normalized spacial score (nSPS) is 35.1. The third-order valence-electron chi connectivity index (χ3n) is 4.40. The van der Waals surface area contributed by atoms with Gasteiger partial charge in [0.05, 0.1) is 25.9 Å². The topological polar surface area (TPSA) is 54.8 Å². The van der Waals surface area contributed by atoms with Crippen molar-refractivity contribution < 1.29 is 14.6 Å². The summed E-state index contributed by atoms with van der Waals surface area (Å²) in [5.41, 5.74) is 0.0892.